The average Bonchev–Trinajstić information content (AvgIpc) is 3.22. The monoisotopic (exact) mass is 355 g/mol. The van der Waals surface area contributed by atoms with E-state index in [4.69, 9.17) is 4.98 Å². The molecular formula is C20H13N5O2. The van der Waals surface area contributed by atoms with E-state index in [1.807, 2.05) is 37.4 Å². The summed E-state index contributed by atoms with van der Waals surface area (Å²) in [6.07, 6.45) is 0. The molecular weight excluding hydrogens is 342 g/mol. The number of aromatic nitrogens is 4. The minimum Gasteiger partial charge on any atom is -0.388 e. The fraction of sp³-hybridized carbons (Fsp3) is 0.0500. The van der Waals surface area contributed by atoms with Gasteiger partial charge in [-0.05, 0) is 30.3 Å². The lowest BCUT2D eigenvalue weighted by molar-refractivity contribution is 1.19. The first-order valence-corrected chi connectivity index (χ1v) is 8.59. The first-order valence-electron chi connectivity index (χ1n) is 8.59. The molecule has 0 aliphatic heterocycles. The standard InChI is InChI=1S/C20H13N5O2/c1-21-12-6-5-10-17-9(12)3-2-4-11(17)19(26)25-16-8-14-13(23-20(27)24-14)7-15(16)22-18(10)25/h2-8,21H,1H3,(H2,23,24,27). The zero-order chi connectivity index (χ0) is 18.3. The Morgan fingerprint density at radius 3 is 2.56 bits per heavy atom. The SMILES string of the molecule is CNc1ccc2c3c1cccc3c(=O)n1c3cc4[nH]c(=O)[nH]c4cc3nc21. The summed E-state index contributed by atoms with van der Waals surface area (Å²) >= 11 is 0. The molecule has 0 fully saturated rings. The van der Waals surface area contributed by atoms with Crippen LogP contribution in [0, 0.1) is 0 Å². The second-order valence-electron chi connectivity index (χ2n) is 6.68. The molecule has 3 heterocycles. The molecule has 3 N–H and O–H groups in total. The number of hydrogen-bond donors (Lipinski definition) is 3. The Kier molecular flexibility index (Phi) is 2.46. The number of benzene rings is 3. The molecule has 0 unspecified atom stereocenters. The number of fused-ring (bicyclic) bond motifs is 5. The Balaban J connectivity index is 1.93. The predicted molar refractivity (Wildman–Crippen MR) is 107 cm³/mol. The van der Waals surface area contributed by atoms with Gasteiger partial charge in [-0.1, -0.05) is 12.1 Å². The third-order valence-corrected chi connectivity index (χ3v) is 5.27. The van der Waals surface area contributed by atoms with Crippen LogP contribution in [0.15, 0.2) is 52.1 Å². The first kappa shape index (κ1) is 14.3. The minimum absolute atomic E-state index is 0.115. The molecule has 7 nitrogen and oxygen atoms in total. The van der Waals surface area contributed by atoms with Crippen LogP contribution in [-0.2, 0) is 0 Å². The van der Waals surface area contributed by atoms with E-state index in [0.29, 0.717) is 33.1 Å². The Bertz CT molecular complexity index is 1650. The predicted octanol–water partition coefficient (Wildman–Crippen LogP) is 2.80. The van der Waals surface area contributed by atoms with Crippen molar-refractivity contribution in [2.45, 2.75) is 0 Å². The molecule has 7 heteroatoms. The molecule has 3 aromatic heterocycles. The zero-order valence-corrected chi connectivity index (χ0v) is 14.3. The number of hydrogen-bond acceptors (Lipinski definition) is 4. The molecule has 6 rings (SSSR count). The van der Waals surface area contributed by atoms with E-state index >= 15 is 0 Å². The Morgan fingerprint density at radius 1 is 0.963 bits per heavy atom. The average molecular weight is 355 g/mol. The molecule has 0 amide bonds. The number of nitrogens with one attached hydrogen (secondary N) is 3. The van der Waals surface area contributed by atoms with Gasteiger partial charge in [-0.3, -0.25) is 9.20 Å². The van der Waals surface area contributed by atoms with E-state index in [2.05, 4.69) is 15.3 Å². The highest BCUT2D eigenvalue weighted by Gasteiger charge is 2.17. The van der Waals surface area contributed by atoms with Gasteiger partial charge in [0, 0.05) is 34.3 Å². The van der Waals surface area contributed by atoms with E-state index in [0.717, 1.165) is 21.8 Å². The molecule has 130 valence electrons. The number of rotatable bonds is 1. The van der Waals surface area contributed by atoms with Gasteiger partial charge in [-0.2, -0.15) is 0 Å². The second-order valence-corrected chi connectivity index (χ2v) is 6.68. The molecule has 0 aliphatic rings. The Hall–Kier alpha value is -3.87. The molecule has 0 atom stereocenters. The van der Waals surface area contributed by atoms with Crippen molar-refractivity contribution in [3.63, 3.8) is 0 Å². The zero-order valence-electron chi connectivity index (χ0n) is 14.3. The highest BCUT2D eigenvalue weighted by atomic mass is 16.1. The normalized spacial score (nSPS) is 12.2. The highest BCUT2D eigenvalue weighted by Crippen LogP contribution is 2.33. The van der Waals surface area contributed by atoms with Gasteiger partial charge < -0.3 is 15.3 Å². The van der Waals surface area contributed by atoms with Crippen LogP contribution in [0.2, 0.25) is 0 Å². The number of H-pyrrole nitrogens is 2. The number of aromatic amines is 2. The largest absolute Gasteiger partial charge is 0.388 e. The summed E-state index contributed by atoms with van der Waals surface area (Å²) in [6, 6.07) is 13.3. The lowest BCUT2D eigenvalue weighted by Gasteiger charge is -2.11. The van der Waals surface area contributed by atoms with Crippen LogP contribution in [0.3, 0.4) is 0 Å². The highest BCUT2D eigenvalue weighted by molar-refractivity contribution is 6.18. The van der Waals surface area contributed by atoms with Gasteiger partial charge in [-0.25, -0.2) is 9.78 Å². The van der Waals surface area contributed by atoms with Crippen molar-refractivity contribution in [3.05, 3.63) is 63.3 Å². The maximum absolute atomic E-state index is 13.3. The van der Waals surface area contributed by atoms with Crippen molar-refractivity contribution >= 4 is 54.9 Å². The number of nitrogens with zero attached hydrogens (tertiary/aromatic N) is 2. The van der Waals surface area contributed by atoms with Crippen molar-refractivity contribution in [1.29, 1.82) is 0 Å². The van der Waals surface area contributed by atoms with Gasteiger partial charge in [0.2, 0.25) is 0 Å². The first-order chi connectivity index (χ1) is 13.2. The van der Waals surface area contributed by atoms with E-state index in [1.165, 1.54) is 0 Å². The summed E-state index contributed by atoms with van der Waals surface area (Å²) < 4.78 is 1.64. The maximum atomic E-state index is 13.3. The molecule has 0 radical (unpaired) electrons. The van der Waals surface area contributed by atoms with Gasteiger partial charge in [0.15, 0.2) is 0 Å². The summed E-state index contributed by atoms with van der Waals surface area (Å²) in [5.74, 6) is 0. The van der Waals surface area contributed by atoms with Crippen molar-refractivity contribution in [2.75, 3.05) is 12.4 Å². The molecule has 0 saturated heterocycles. The lowest BCUT2D eigenvalue weighted by atomic mass is 10.0. The number of anilines is 1. The van der Waals surface area contributed by atoms with Gasteiger partial charge >= 0.3 is 5.69 Å². The summed E-state index contributed by atoms with van der Waals surface area (Å²) in [6.45, 7) is 0. The smallest absolute Gasteiger partial charge is 0.323 e. The minimum atomic E-state index is -0.280. The van der Waals surface area contributed by atoms with E-state index in [9.17, 15) is 9.59 Å². The summed E-state index contributed by atoms with van der Waals surface area (Å²) in [4.78, 5) is 35.1. The number of imidazole rings is 2. The van der Waals surface area contributed by atoms with Crippen LogP contribution in [0.25, 0.3) is 49.3 Å². The fourth-order valence-corrected chi connectivity index (χ4v) is 4.10. The van der Waals surface area contributed by atoms with Crippen molar-refractivity contribution < 1.29 is 0 Å². The lowest BCUT2D eigenvalue weighted by Crippen LogP contribution is -2.13. The van der Waals surface area contributed by atoms with Gasteiger partial charge in [-0.15, -0.1) is 0 Å². The van der Waals surface area contributed by atoms with Gasteiger partial charge in [0.25, 0.3) is 5.56 Å². The van der Waals surface area contributed by atoms with Crippen LogP contribution in [0.5, 0.6) is 0 Å². The molecule has 0 saturated carbocycles. The van der Waals surface area contributed by atoms with E-state index in [-0.39, 0.29) is 11.2 Å². The third-order valence-electron chi connectivity index (χ3n) is 5.27. The van der Waals surface area contributed by atoms with Crippen LogP contribution in [0.1, 0.15) is 0 Å². The molecule has 6 aromatic rings. The topological polar surface area (TPSA) is 95.0 Å². The van der Waals surface area contributed by atoms with Gasteiger partial charge in [0.05, 0.1) is 22.1 Å². The van der Waals surface area contributed by atoms with Crippen LogP contribution in [0.4, 0.5) is 5.69 Å². The molecule has 0 bridgehead atoms. The van der Waals surface area contributed by atoms with E-state index in [1.54, 1.807) is 16.5 Å². The molecule has 3 aromatic carbocycles. The van der Waals surface area contributed by atoms with Crippen LogP contribution in [-0.4, -0.2) is 26.4 Å². The van der Waals surface area contributed by atoms with Crippen molar-refractivity contribution in [3.8, 4) is 0 Å². The summed E-state index contributed by atoms with van der Waals surface area (Å²) in [5, 5.41) is 6.67. The van der Waals surface area contributed by atoms with Crippen LogP contribution >= 0.6 is 0 Å². The fourth-order valence-electron chi connectivity index (χ4n) is 4.10. The quantitative estimate of drug-likeness (QED) is 0.423. The Morgan fingerprint density at radius 2 is 1.74 bits per heavy atom. The van der Waals surface area contributed by atoms with Crippen LogP contribution < -0.4 is 16.6 Å². The number of pyridine rings is 1. The molecule has 0 aliphatic carbocycles. The molecule has 0 spiro atoms. The molecule has 27 heavy (non-hydrogen) atoms. The third kappa shape index (κ3) is 1.68. The second kappa shape index (κ2) is 4.64. The van der Waals surface area contributed by atoms with Gasteiger partial charge in [0.1, 0.15) is 5.65 Å². The summed E-state index contributed by atoms with van der Waals surface area (Å²) in [7, 11) is 1.87. The van der Waals surface area contributed by atoms with Crippen molar-refractivity contribution in [1.82, 2.24) is 19.4 Å². The van der Waals surface area contributed by atoms with E-state index < -0.39 is 0 Å². The van der Waals surface area contributed by atoms with Crippen molar-refractivity contribution in [2.24, 2.45) is 0 Å². The maximum Gasteiger partial charge on any atom is 0.323 e. The Labute approximate surface area is 150 Å². The summed E-state index contributed by atoms with van der Waals surface area (Å²) in [5.41, 5.74) is 3.86.